The predicted octanol–water partition coefficient (Wildman–Crippen LogP) is 7.31. The van der Waals surface area contributed by atoms with E-state index in [9.17, 15) is 13.9 Å². The van der Waals surface area contributed by atoms with Crippen molar-refractivity contribution in [2.24, 2.45) is 0 Å². The van der Waals surface area contributed by atoms with Crippen molar-refractivity contribution in [3.05, 3.63) is 131 Å². The number of halogens is 3. The third kappa shape index (κ3) is 8.12. The van der Waals surface area contributed by atoms with Crippen LogP contribution in [-0.4, -0.2) is 17.0 Å². The zero-order chi connectivity index (χ0) is 26.0. The van der Waals surface area contributed by atoms with Crippen LogP contribution in [0.25, 0.3) is 0 Å². The molecular formula is C30H27BrF2O4. The third-order valence-corrected chi connectivity index (χ3v) is 6.22. The van der Waals surface area contributed by atoms with Gasteiger partial charge in [-0.3, -0.25) is 0 Å². The van der Waals surface area contributed by atoms with Gasteiger partial charge in [0.25, 0.3) is 0 Å². The molecule has 1 aliphatic rings. The van der Waals surface area contributed by atoms with Crippen LogP contribution in [0.4, 0.5) is 8.78 Å². The summed E-state index contributed by atoms with van der Waals surface area (Å²) < 4.78 is 43.0. The van der Waals surface area contributed by atoms with E-state index in [1.165, 1.54) is 24.3 Å². The van der Waals surface area contributed by atoms with Crippen molar-refractivity contribution in [1.82, 2.24) is 0 Å². The molecule has 0 radical (unpaired) electrons. The van der Waals surface area contributed by atoms with E-state index < -0.39 is 6.10 Å². The van der Waals surface area contributed by atoms with E-state index >= 15 is 0 Å². The van der Waals surface area contributed by atoms with Gasteiger partial charge >= 0.3 is 0 Å². The second kappa shape index (κ2) is 13.3. The lowest BCUT2D eigenvalue weighted by Gasteiger charge is -2.14. The Balaban J connectivity index is 0.000000173. The fraction of sp³-hybridized carbons (Fsp3) is 0.200. The molecule has 1 fully saturated rings. The summed E-state index contributed by atoms with van der Waals surface area (Å²) >= 11 is 3.20. The van der Waals surface area contributed by atoms with Gasteiger partial charge in [-0.2, -0.15) is 0 Å². The van der Waals surface area contributed by atoms with Crippen LogP contribution in [0.3, 0.4) is 0 Å². The van der Waals surface area contributed by atoms with Gasteiger partial charge in [-0.1, -0.05) is 76.6 Å². The molecule has 4 aromatic carbocycles. The first-order valence-electron chi connectivity index (χ1n) is 11.8. The smallest absolute Gasteiger partial charge is 0.128 e. The number of benzene rings is 4. The topological polar surface area (TPSA) is 51.2 Å². The van der Waals surface area contributed by atoms with Crippen molar-refractivity contribution in [2.75, 3.05) is 11.9 Å². The Morgan fingerprint density at radius 2 is 1.30 bits per heavy atom. The minimum atomic E-state index is -0.716. The van der Waals surface area contributed by atoms with Crippen LogP contribution in [-0.2, 0) is 18.0 Å². The van der Waals surface area contributed by atoms with E-state index in [2.05, 4.69) is 15.9 Å². The monoisotopic (exact) mass is 568 g/mol. The van der Waals surface area contributed by atoms with Crippen molar-refractivity contribution < 1.29 is 28.1 Å². The molecule has 1 aliphatic heterocycles. The van der Waals surface area contributed by atoms with E-state index in [1.54, 1.807) is 12.1 Å². The Kier molecular flexibility index (Phi) is 9.65. The maximum Gasteiger partial charge on any atom is 0.128 e. The van der Waals surface area contributed by atoms with Crippen LogP contribution in [0.2, 0.25) is 0 Å². The molecule has 4 aromatic rings. The number of ether oxygens (including phenoxy) is 3. The van der Waals surface area contributed by atoms with E-state index in [0.717, 1.165) is 16.7 Å². The van der Waals surface area contributed by atoms with Gasteiger partial charge in [0.15, 0.2) is 0 Å². The minimum Gasteiger partial charge on any atom is -0.488 e. The van der Waals surface area contributed by atoms with E-state index in [4.69, 9.17) is 14.2 Å². The average molecular weight is 569 g/mol. The molecule has 1 saturated heterocycles. The van der Waals surface area contributed by atoms with Gasteiger partial charge in [-0.25, -0.2) is 8.78 Å². The molecule has 2 atom stereocenters. The lowest BCUT2D eigenvalue weighted by Crippen LogP contribution is -2.04. The van der Waals surface area contributed by atoms with Gasteiger partial charge in [-0.05, 0) is 35.4 Å². The van der Waals surface area contributed by atoms with Gasteiger partial charge in [0, 0.05) is 28.6 Å². The first kappa shape index (κ1) is 26.8. The van der Waals surface area contributed by atoms with Gasteiger partial charge < -0.3 is 19.3 Å². The molecule has 37 heavy (non-hydrogen) atoms. The maximum absolute atomic E-state index is 13.3. The molecule has 1 N–H and O–H groups in total. The van der Waals surface area contributed by atoms with Crippen molar-refractivity contribution in [3.8, 4) is 11.5 Å². The Hall–Kier alpha value is -3.26. The second-order valence-electron chi connectivity index (χ2n) is 8.40. The molecule has 0 spiro atoms. The summed E-state index contributed by atoms with van der Waals surface area (Å²) in [5.41, 5.74) is 3.55. The summed E-state index contributed by atoms with van der Waals surface area (Å²) in [7, 11) is 0. The second-order valence-corrected chi connectivity index (χ2v) is 9.05. The highest BCUT2D eigenvalue weighted by molar-refractivity contribution is 9.09. The largest absolute Gasteiger partial charge is 0.488 e. The predicted molar refractivity (Wildman–Crippen MR) is 142 cm³/mol. The molecule has 0 aliphatic carbocycles. The number of aliphatic hydroxyl groups excluding tert-OH is 1. The van der Waals surface area contributed by atoms with Crippen molar-refractivity contribution in [3.63, 3.8) is 0 Å². The van der Waals surface area contributed by atoms with E-state index in [0.29, 0.717) is 42.2 Å². The Morgan fingerprint density at radius 1 is 0.784 bits per heavy atom. The summed E-state index contributed by atoms with van der Waals surface area (Å²) in [5.74, 6) is 0.271. The van der Waals surface area contributed by atoms with Crippen LogP contribution in [0.1, 0.15) is 34.5 Å². The standard InChI is InChI=1S/C15H14BrFO2.C15H13FO2/c16-9-14(18)13-7-6-12(17)8-15(13)19-10-11-4-2-1-3-5-11;16-12-6-7-13(15-10-18-15)14(8-12)17-9-11-4-2-1-3-5-11/h1-8,14,18H,9-10H2;1-8,15H,9-10H2/t14-;15-/m00/s1. The average Bonchev–Trinajstić information content (AvgIpc) is 3.77. The molecule has 0 saturated carbocycles. The number of rotatable bonds is 9. The lowest BCUT2D eigenvalue weighted by molar-refractivity contribution is 0.195. The lowest BCUT2D eigenvalue weighted by atomic mass is 10.1. The first-order chi connectivity index (χ1) is 18.0. The fourth-order valence-corrected chi connectivity index (χ4v) is 3.94. The third-order valence-electron chi connectivity index (χ3n) is 5.61. The maximum atomic E-state index is 13.3. The number of alkyl halides is 1. The molecule has 0 amide bonds. The quantitative estimate of drug-likeness (QED) is 0.170. The molecular weight excluding hydrogens is 542 g/mol. The molecule has 7 heteroatoms. The fourth-order valence-electron chi connectivity index (χ4n) is 3.59. The molecule has 0 bridgehead atoms. The minimum absolute atomic E-state index is 0.0661. The van der Waals surface area contributed by atoms with Crippen LogP contribution in [0.5, 0.6) is 11.5 Å². The van der Waals surface area contributed by atoms with Gasteiger partial charge in [-0.15, -0.1) is 0 Å². The molecule has 192 valence electrons. The molecule has 0 unspecified atom stereocenters. The Labute approximate surface area is 223 Å². The molecule has 1 heterocycles. The zero-order valence-corrected chi connectivity index (χ0v) is 21.6. The number of hydrogen-bond acceptors (Lipinski definition) is 4. The highest BCUT2D eigenvalue weighted by atomic mass is 79.9. The zero-order valence-electron chi connectivity index (χ0n) is 20.0. The normalized spacial score (nSPS) is 14.8. The van der Waals surface area contributed by atoms with Crippen LogP contribution in [0, 0.1) is 11.6 Å². The number of aliphatic hydroxyl groups is 1. The summed E-state index contributed by atoms with van der Waals surface area (Å²) in [6, 6.07) is 28.2. The Morgan fingerprint density at radius 3 is 1.84 bits per heavy atom. The molecule has 4 nitrogen and oxygen atoms in total. The number of hydrogen-bond donors (Lipinski definition) is 1. The van der Waals surface area contributed by atoms with Gasteiger partial charge in [0.05, 0.1) is 12.7 Å². The Bertz CT molecular complexity index is 1270. The van der Waals surface area contributed by atoms with Crippen LogP contribution < -0.4 is 9.47 Å². The molecule has 0 aromatic heterocycles. The molecule has 5 rings (SSSR count). The van der Waals surface area contributed by atoms with Gasteiger partial charge in [0.1, 0.15) is 42.5 Å². The van der Waals surface area contributed by atoms with Crippen molar-refractivity contribution in [1.29, 1.82) is 0 Å². The van der Waals surface area contributed by atoms with E-state index in [1.807, 2.05) is 60.7 Å². The highest BCUT2D eigenvalue weighted by Gasteiger charge is 2.28. The van der Waals surface area contributed by atoms with Gasteiger partial charge in [0.2, 0.25) is 0 Å². The highest BCUT2D eigenvalue weighted by Crippen LogP contribution is 2.37. The summed E-state index contributed by atoms with van der Waals surface area (Å²) in [4.78, 5) is 0. The SMILES string of the molecule is Fc1ccc([C@@H]2CO2)c(OCc2ccccc2)c1.O[C@@H](CBr)c1ccc(F)cc1OCc1ccccc1. The number of epoxide rings is 1. The summed E-state index contributed by atoms with van der Waals surface area (Å²) in [6.45, 7) is 1.46. The first-order valence-corrected chi connectivity index (χ1v) is 12.9. The van der Waals surface area contributed by atoms with Crippen molar-refractivity contribution in [2.45, 2.75) is 25.4 Å². The summed E-state index contributed by atoms with van der Waals surface area (Å²) in [5, 5.41) is 10.2. The summed E-state index contributed by atoms with van der Waals surface area (Å²) in [6.07, 6.45) is -0.650. The van der Waals surface area contributed by atoms with Crippen molar-refractivity contribution >= 4 is 15.9 Å². The van der Waals surface area contributed by atoms with Crippen LogP contribution in [0.15, 0.2) is 97.1 Å². The van der Waals surface area contributed by atoms with E-state index in [-0.39, 0.29) is 17.7 Å². The van der Waals surface area contributed by atoms with Crippen LogP contribution >= 0.6 is 15.9 Å².